The average molecular weight is 471 g/mol. The number of amides is 1. The lowest BCUT2D eigenvalue weighted by Gasteiger charge is -2.52. The Kier molecular flexibility index (Phi) is 6.30. The number of carbonyl (C=O) groups excluding carboxylic acids is 1. The third-order valence-corrected chi connectivity index (χ3v) is 4.94. The van der Waals surface area contributed by atoms with Gasteiger partial charge < -0.3 is 4.90 Å². The van der Waals surface area contributed by atoms with Crippen LogP contribution in [0.25, 0.3) is 0 Å². The van der Waals surface area contributed by atoms with Crippen LogP contribution in [0.5, 0.6) is 0 Å². The molecule has 1 rings (SSSR count). The Hall–Kier alpha value is -1.70. The van der Waals surface area contributed by atoms with Crippen molar-refractivity contribution < 1.29 is 61.9 Å². The van der Waals surface area contributed by atoms with Gasteiger partial charge in [-0.1, -0.05) is 6.58 Å². The standard InChI is InChI=1S/C15H14F13NO/c1-3-8(30)29-7-5-4-6-9(29,2)10(16,17)11(18,19)12(20,21)13(22,23)14(24,25)15(26,27)28/h3H,1,4-7H2,2H3. The number of alkyl halides is 13. The van der Waals surface area contributed by atoms with E-state index in [4.69, 9.17) is 0 Å². The number of likely N-dealkylation sites (tertiary alicyclic amines) is 1. The Morgan fingerprint density at radius 1 is 0.800 bits per heavy atom. The van der Waals surface area contributed by atoms with Crippen molar-refractivity contribution in [1.82, 2.24) is 4.90 Å². The van der Waals surface area contributed by atoms with E-state index in [0.29, 0.717) is 6.08 Å². The second kappa shape index (κ2) is 7.18. The average Bonchev–Trinajstić information content (AvgIpc) is 2.59. The summed E-state index contributed by atoms with van der Waals surface area (Å²) in [6, 6.07) is 0. The third kappa shape index (κ3) is 3.22. The van der Waals surface area contributed by atoms with Gasteiger partial charge in [-0.25, -0.2) is 0 Å². The predicted molar refractivity (Wildman–Crippen MR) is 75.0 cm³/mol. The molecule has 1 aliphatic heterocycles. The summed E-state index contributed by atoms with van der Waals surface area (Å²) in [5.41, 5.74) is -3.63. The highest BCUT2D eigenvalue weighted by molar-refractivity contribution is 5.87. The topological polar surface area (TPSA) is 20.3 Å². The van der Waals surface area contributed by atoms with Crippen molar-refractivity contribution in [3.05, 3.63) is 12.7 Å². The first-order valence-corrected chi connectivity index (χ1v) is 7.97. The molecule has 0 bridgehead atoms. The molecular formula is C15H14F13NO. The molecule has 1 fully saturated rings. The largest absolute Gasteiger partial charge is 0.460 e. The first-order chi connectivity index (χ1) is 13.1. The minimum Gasteiger partial charge on any atom is -0.327 e. The minimum absolute atomic E-state index is 0.0897. The van der Waals surface area contributed by atoms with Gasteiger partial charge in [0.25, 0.3) is 0 Å². The van der Waals surface area contributed by atoms with E-state index < -0.39 is 66.6 Å². The van der Waals surface area contributed by atoms with Crippen LogP contribution in [0.2, 0.25) is 0 Å². The minimum atomic E-state index is -7.97. The van der Waals surface area contributed by atoms with Crippen molar-refractivity contribution in [2.45, 2.75) is 67.5 Å². The molecule has 0 aromatic heterocycles. The second-order valence-corrected chi connectivity index (χ2v) is 6.79. The SMILES string of the molecule is C=CC(=O)N1CCCCC1(C)C(F)(F)C(F)(F)C(F)(F)C(F)(F)C(F)(F)C(F)(F)F. The molecule has 1 atom stereocenters. The zero-order valence-electron chi connectivity index (χ0n) is 14.9. The predicted octanol–water partition coefficient (Wildman–Crippen LogP) is 5.68. The number of piperidine rings is 1. The lowest BCUT2D eigenvalue weighted by Crippen LogP contribution is -2.76. The van der Waals surface area contributed by atoms with Crippen molar-refractivity contribution in [2.75, 3.05) is 6.54 Å². The molecule has 0 aliphatic carbocycles. The van der Waals surface area contributed by atoms with Crippen LogP contribution >= 0.6 is 0 Å². The van der Waals surface area contributed by atoms with E-state index in [2.05, 4.69) is 6.58 Å². The Bertz CT molecular complexity index is 685. The van der Waals surface area contributed by atoms with E-state index in [1.807, 2.05) is 0 Å². The summed E-state index contributed by atoms with van der Waals surface area (Å²) >= 11 is 0. The van der Waals surface area contributed by atoms with Crippen LogP contribution in [0.3, 0.4) is 0 Å². The molecule has 1 unspecified atom stereocenters. The van der Waals surface area contributed by atoms with Crippen molar-refractivity contribution >= 4 is 5.91 Å². The fraction of sp³-hybridized carbons (Fsp3) is 0.800. The molecule has 0 radical (unpaired) electrons. The summed E-state index contributed by atoms with van der Waals surface area (Å²) in [5.74, 6) is -38.9. The van der Waals surface area contributed by atoms with Crippen LogP contribution in [0.15, 0.2) is 12.7 Å². The van der Waals surface area contributed by atoms with Gasteiger partial charge in [0.2, 0.25) is 5.91 Å². The van der Waals surface area contributed by atoms with Crippen molar-refractivity contribution in [1.29, 1.82) is 0 Å². The van der Waals surface area contributed by atoms with Gasteiger partial charge in [-0.05, 0) is 32.3 Å². The quantitative estimate of drug-likeness (QED) is 0.361. The number of hydrogen-bond donors (Lipinski definition) is 0. The highest BCUT2D eigenvalue weighted by Gasteiger charge is 2.92. The first kappa shape index (κ1) is 26.3. The van der Waals surface area contributed by atoms with Crippen LogP contribution in [0.1, 0.15) is 26.2 Å². The molecule has 2 nitrogen and oxygen atoms in total. The molecule has 1 heterocycles. The van der Waals surface area contributed by atoms with Crippen LogP contribution in [-0.4, -0.2) is 58.7 Å². The normalized spacial score (nSPS) is 22.8. The maximum Gasteiger partial charge on any atom is 0.460 e. The third-order valence-electron chi connectivity index (χ3n) is 4.94. The van der Waals surface area contributed by atoms with Crippen LogP contribution in [0.4, 0.5) is 57.1 Å². The van der Waals surface area contributed by atoms with Gasteiger partial charge in [0.05, 0.1) is 0 Å². The molecule has 0 saturated carbocycles. The second-order valence-electron chi connectivity index (χ2n) is 6.79. The van der Waals surface area contributed by atoms with Gasteiger partial charge in [0.15, 0.2) is 0 Å². The summed E-state index contributed by atoms with van der Waals surface area (Å²) in [6.07, 6.45) is -8.82. The molecule has 1 amide bonds. The number of nitrogens with zero attached hydrogens (tertiary/aromatic N) is 1. The van der Waals surface area contributed by atoms with Gasteiger partial charge in [0, 0.05) is 6.54 Å². The maximum absolute atomic E-state index is 14.6. The fourth-order valence-corrected chi connectivity index (χ4v) is 3.02. The summed E-state index contributed by atoms with van der Waals surface area (Å²) in [5, 5.41) is 0. The van der Waals surface area contributed by atoms with Crippen molar-refractivity contribution in [3.8, 4) is 0 Å². The van der Waals surface area contributed by atoms with E-state index in [-0.39, 0.29) is 18.2 Å². The van der Waals surface area contributed by atoms with Gasteiger partial charge in [-0.3, -0.25) is 4.79 Å². The van der Waals surface area contributed by atoms with E-state index in [1.165, 1.54) is 0 Å². The van der Waals surface area contributed by atoms with Crippen LogP contribution in [0, 0.1) is 0 Å². The Labute approximate surface area is 160 Å². The highest BCUT2D eigenvalue weighted by Crippen LogP contribution is 2.62. The monoisotopic (exact) mass is 471 g/mol. The number of rotatable bonds is 6. The fourth-order valence-electron chi connectivity index (χ4n) is 3.02. The van der Waals surface area contributed by atoms with Crippen LogP contribution < -0.4 is 0 Å². The van der Waals surface area contributed by atoms with Crippen molar-refractivity contribution in [3.63, 3.8) is 0 Å². The molecule has 176 valence electrons. The summed E-state index contributed by atoms with van der Waals surface area (Å²) in [6.45, 7) is 2.24. The van der Waals surface area contributed by atoms with E-state index in [9.17, 15) is 61.9 Å². The Morgan fingerprint density at radius 2 is 1.23 bits per heavy atom. The molecule has 1 saturated heterocycles. The molecular weight excluding hydrogens is 457 g/mol. The molecule has 0 aromatic rings. The van der Waals surface area contributed by atoms with E-state index in [1.54, 1.807) is 0 Å². The molecule has 30 heavy (non-hydrogen) atoms. The summed E-state index contributed by atoms with van der Waals surface area (Å²) in [4.78, 5) is 11.6. The van der Waals surface area contributed by atoms with Crippen LogP contribution in [-0.2, 0) is 4.79 Å². The zero-order valence-corrected chi connectivity index (χ0v) is 14.9. The number of halogens is 13. The van der Waals surface area contributed by atoms with Gasteiger partial charge >= 0.3 is 35.8 Å². The lowest BCUT2D eigenvalue weighted by molar-refractivity contribution is -0.446. The molecule has 0 N–H and O–H groups in total. The molecule has 1 aliphatic rings. The van der Waals surface area contributed by atoms with E-state index in [0.717, 1.165) is 0 Å². The molecule has 15 heteroatoms. The number of hydrogen-bond acceptors (Lipinski definition) is 1. The number of carbonyl (C=O) groups is 1. The lowest BCUT2D eigenvalue weighted by atomic mass is 9.77. The first-order valence-electron chi connectivity index (χ1n) is 7.97. The molecule has 0 spiro atoms. The van der Waals surface area contributed by atoms with Gasteiger partial charge in [-0.2, -0.15) is 57.1 Å². The summed E-state index contributed by atoms with van der Waals surface area (Å²) in [7, 11) is 0. The zero-order chi connectivity index (χ0) is 24.2. The van der Waals surface area contributed by atoms with Crippen molar-refractivity contribution in [2.24, 2.45) is 0 Å². The molecule has 0 aromatic carbocycles. The Morgan fingerprint density at radius 3 is 1.63 bits per heavy atom. The van der Waals surface area contributed by atoms with Gasteiger partial charge in [-0.15, -0.1) is 0 Å². The summed E-state index contributed by atoms with van der Waals surface area (Å²) < 4.78 is 174. The highest BCUT2D eigenvalue weighted by atomic mass is 19.4. The Balaban J connectivity index is 3.66. The van der Waals surface area contributed by atoms with Gasteiger partial charge in [0.1, 0.15) is 5.54 Å². The maximum atomic E-state index is 14.6. The smallest absolute Gasteiger partial charge is 0.327 e. The van der Waals surface area contributed by atoms with E-state index >= 15 is 0 Å².